The van der Waals surface area contributed by atoms with Gasteiger partial charge in [-0.1, -0.05) is 35.9 Å². The van der Waals surface area contributed by atoms with Crippen molar-refractivity contribution in [2.45, 2.75) is 13.1 Å². The molecule has 1 aliphatic rings. The minimum Gasteiger partial charge on any atom is -0.496 e. The van der Waals surface area contributed by atoms with E-state index in [-0.39, 0.29) is 5.91 Å². The Labute approximate surface area is 158 Å². The number of rotatable bonds is 6. The molecule has 1 N–H and O–H groups in total. The number of methoxy groups -OCH3 is 1. The molecule has 0 aromatic heterocycles. The van der Waals surface area contributed by atoms with Crippen LogP contribution in [0.15, 0.2) is 42.5 Å². The van der Waals surface area contributed by atoms with Crippen LogP contribution in [0.3, 0.4) is 0 Å². The fourth-order valence-electron chi connectivity index (χ4n) is 3.01. The Morgan fingerprint density at radius 2 is 1.92 bits per heavy atom. The molecule has 1 amide bonds. The molecule has 0 aliphatic carbocycles. The zero-order chi connectivity index (χ0) is 18.4. The Morgan fingerprint density at radius 1 is 1.19 bits per heavy atom. The summed E-state index contributed by atoms with van der Waals surface area (Å²) in [7, 11) is 1.54. The van der Waals surface area contributed by atoms with Crippen LogP contribution >= 0.6 is 11.6 Å². The number of halogens is 1. The predicted octanol–water partition coefficient (Wildman–Crippen LogP) is 3.11. The summed E-state index contributed by atoms with van der Waals surface area (Å²) in [4.78, 5) is 14.9. The molecule has 5 nitrogen and oxygen atoms in total. The van der Waals surface area contributed by atoms with Crippen molar-refractivity contribution in [3.63, 3.8) is 0 Å². The third-order valence-corrected chi connectivity index (χ3v) is 4.70. The Balaban J connectivity index is 1.68. The first kappa shape index (κ1) is 18.7. The molecule has 2 aromatic carbocycles. The lowest BCUT2D eigenvalue weighted by Crippen LogP contribution is -2.36. The molecule has 0 bridgehead atoms. The van der Waals surface area contributed by atoms with E-state index >= 15 is 0 Å². The molecule has 2 aromatic rings. The van der Waals surface area contributed by atoms with E-state index in [9.17, 15) is 4.79 Å². The van der Waals surface area contributed by atoms with Crippen molar-refractivity contribution in [1.29, 1.82) is 0 Å². The van der Waals surface area contributed by atoms with Crippen LogP contribution in [-0.2, 0) is 17.8 Å². The Kier molecular flexibility index (Phi) is 6.50. The lowest BCUT2D eigenvalue weighted by molar-refractivity contribution is 0.0340. The maximum absolute atomic E-state index is 12.6. The Morgan fingerprint density at radius 3 is 2.65 bits per heavy atom. The van der Waals surface area contributed by atoms with Crippen molar-refractivity contribution < 1.29 is 14.3 Å². The number of hydrogen-bond acceptors (Lipinski definition) is 4. The average Bonchev–Trinajstić information content (AvgIpc) is 2.68. The lowest BCUT2D eigenvalue weighted by atomic mass is 10.1. The summed E-state index contributed by atoms with van der Waals surface area (Å²) in [6.07, 6.45) is 0. The number of ether oxygens (including phenoxy) is 2. The molecule has 3 rings (SSSR count). The van der Waals surface area contributed by atoms with Crippen molar-refractivity contribution in [2.24, 2.45) is 0 Å². The monoisotopic (exact) mass is 374 g/mol. The number of nitrogens with zero attached hydrogens (tertiary/aromatic N) is 1. The zero-order valence-electron chi connectivity index (χ0n) is 14.8. The lowest BCUT2D eigenvalue weighted by Gasteiger charge is -2.27. The third kappa shape index (κ3) is 4.75. The first-order valence-electron chi connectivity index (χ1n) is 8.66. The summed E-state index contributed by atoms with van der Waals surface area (Å²) in [5, 5.41) is 3.48. The number of carbonyl (C=O) groups is 1. The van der Waals surface area contributed by atoms with Crippen LogP contribution in [0.25, 0.3) is 0 Å². The fourth-order valence-corrected chi connectivity index (χ4v) is 3.18. The topological polar surface area (TPSA) is 50.8 Å². The van der Waals surface area contributed by atoms with E-state index in [1.165, 1.54) is 12.7 Å². The molecular formula is C20H23ClN2O3. The van der Waals surface area contributed by atoms with Gasteiger partial charge in [0.05, 0.1) is 25.9 Å². The van der Waals surface area contributed by atoms with E-state index in [0.29, 0.717) is 22.9 Å². The van der Waals surface area contributed by atoms with E-state index in [0.717, 1.165) is 38.4 Å². The SMILES string of the molecule is COc1ccc(Cl)cc1C(=O)NCc1ccccc1CN1CCOCC1. The molecule has 0 radical (unpaired) electrons. The van der Waals surface area contributed by atoms with Gasteiger partial charge in [-0.25, -0.2) is 0 Å². The summed E-state index contributed by atoms with van der Waals surface area (Å²) < 4.78 is 10.7. The molecule has 0 atom stereocenters. The van der Waals surface area contributed by atoms with Gasteiger partial charge < -0.3 is 14.8 Å². The minimum atomic E-state index is -0.203. The van der Waals surface area contributed by atoms with Gasteiger partial charge >= 0.3 is 0 Å². The highest BCUT2D eigenvalue weighted by molar-refractivity contribution is 6.31. The van der Waals surface area contributed by atoms with E-state index < -0.39 is 0 Å². The standard InChI is InChI=1S/C20H23ClN2O3/c1-25-19-7-6-17(21)12-18(19)20(24)22-13-15-4-2-3-5-16(15)14-23-8-10-26-11-9-23/h2-7,12H,8-11,13-14H2,1H3,(H,22,24). The van der Waals surface area contributed by atoms with Crippen LogP contribution in [0.1, 0.15) is 21.5 Å². The van der Waals surface area contributed by atoms with Crippen molar-refractivity contribution in [3.05, 3.63) is 64.2 Å². The number of amides is 1. The highest BCUT2D eigenvalue weighted by Gasteiger charge is 2.15. The molecule has 0 spiro atoms. The average molecular weight is 375 g/mol. The number of morpholine rings is 1. The van der Waals surface area contributed by atoms with E-state index in [4.69, 9.17) is 21.1 Å². The minimum absolute atomic E-state index is 0.203. The summed E-state index contributed by atoms with van der Waals surface area (Å²) >= 11 is 6.02. The van der Waals surface area contributed by atoms with Gasteiger partial charge in [0.2, 0.25) is 0 Å². The van der Waals surface area contributed by atoms with Gasteiger partial charge in [0.1, 0.15) is 5.75 Å². The molecular weight excluding hydrogens is 352 g/mol. The molecule has 26 heavy (non-hydrogen) atoms. The second kappa shape index (κ2) is 9.03. The van der Waals surface area contributed by atoms with Crippen LogP contribution in [-0.4, -0.2) is 44.2 Å². The molecule has 1 fully saturated rings. The van der Waals surface area contributed by atoms with Crippen LogP contribution in [0.4, 0.5) is 0 Å². The number of hydrogen-bond donors (Lipinski definition) is 1. The molecule has 1 aliphatic heterocycles. The van der Waals surface area contributed by atoms with Gasteiger partial charge in [-0.05, 0) is 29.3 Å². The first-order valence-corrected chi connectivity index (χ1v) is 9.04. The Bertz CT molecular complexity index is 760. The first-order chi connectivity index (χ1) is 12.7. The van der Waals surface area contributed by atoms with E-state index in [1.54, 1.807) is 18.2 Å². The summed E-state index contributed by atoms with van der Waals surface area (Å²) in [6, 6.07) is 13.2. The van der Waals surface area contributed by atoms with Gasteiger partial charge in [-0.3, -0.25) is 9.69 Å². The van der Waals surface area contributed by atoms with Gasteiger partial charge in [0.15, 0.2) is 0 Å². The van der Waals surface area contributed by atoms with Crippen LogP contribution in [0.2, 0.25) is 5.02 Å². The van der Waals surface area contributed by atoms with Crippen LogP contribution in [0.5, 0.6) is 5.75 Å². The molecule has 0 saturated carbocycles. The predicted molar refractivity (Wildman–Crippen MR) is 102 cm³/mol. The van der Waals surface area contributed by atoms with Gasteiger partial charge in [-0.15, -0.1) is 0 Å². The zero-order valence-corrected chi connectivity index (χ0v) is 15.6. The molecule has 1 heterocycles. The normalized spacial score (nSPS) is 14.8. The Hall–Kier alpha value is -2.08. The quantitative estimate of drug-likeness (QED) is 0.844. The largest absolute Gasteiger partial charge is 0.496 e. The number of nitrogens with one attached hydrogen (secondary N) is 1. The summed E-state index contributed by atoms with van der Waals surface area (Å²) in [5.41, 5.74) is 2.76. The molecule has 138 valence electrons. The molecule has 6 heteroatoms. The maximum Gasteiger partial charge on any atom is 0.255 e. The van der Waals surface area contributed by atoms with Crippen molar-refractivity contribution in [3.8, 4) is 5.75 Å². The highest BCUT2D eigenvalue weighted by Crippen LogP contribution is 2.22. The number of benzene rings is 2. The third-order valence-electron chi connectivity index (χ3n) is 4.46. The van der Waals surface area contributed by atoms with Gasteiger partial charge in [0, 0.05) is 31.2 Å². The molecule has 1 saturated heterocycles. The van der Waals surface area contributed by atoms with Crippen molar-refractivity contribution in [2.75, 3.05) is 33.4 Å². The van der Waals surface area contributed by atoms with Crippen molar-refractivity contribution in [1.82, 2.24) is 10.2 Å². The van der Waals surface area contributed by atoms with Crippen LogP contribution in [0, 0.1) is 0 Å². The fraction of sp³-hybridized carbons (Fsp3) is 0.350. The summed E-state index contributed by atoms with van der Waals surface area (Å²) in [6.45, 7) is 4.71. The van der Waals surface area contributed by atoms with E-state index in [1.807, 2.05) is 18.2 Å². The van der Waals surface area contributed by atoms with Gasteiger partial charge in [-0.2, -0.15) is 0 Å². The second-order valence-corrected chi connectivity index (χ2v) is 6.62. The molecule has 0 unspecified atom stereocenters. The number of carbonyl (C=O) groups excluding carboxylic acids is 1. The van der Waals surface area contributed by atoms with Crippen LogP contribution < -0.4 is 10.1 Å². The van der Waals surface area contributed by atoms with Crippen molar-refractivity contribution >= 4 is 17.5 Å². The smallest absolute Gasteiger partial charge is 0.255 e. The highest BCUT2D eigenvalue weighted by atomic mass is 35.5. The van der Waals surface area contributed by atoms with Gasteiger partial charge in [0.25, 0.3) is 5.91 Å². The summed E-state index contributed by atoms with van der Waals surface area (Å²) in [5.74, 6) is 0.305. The maximum atomic E-state index is 12.6. The second-order valence-electron chi connectivity index (χ2n) is 6.18. The van der Waals surface area contributed by atoms with E-state index in [2.05, 4.69) is 16.3 Å².